The summed E-state index contributed by atoms with van der Waals surface area (Å²) in [4.78, 5) is 34.2. The number of non-ortho nitro benzene ring substituents is 1. The highest BCUT2D eigenvalue weighted by atomic mass is 16.6. The SMILES string of the molecule is COc1ccc(CCNC(CC(=O)Nc2cc([N+](=O)[O-])ccc2C)C(=O)O)cc1OC. The molecule has 0 saturated carbocycles. The number of ether oxygens (including phenoxy) is 2. The minimum Gasteiger partial charge on any atom is -0.493 e. The summed E-state index contributed by atoms with van der Waals surface area (Å²) < 4.78 is 10.4. The number of aliphatic carboxylic acids is 1. The Bertz CT molecular complexity index is 962. The van der Waals surface area contributed by atoms with Crippen LogP contribution in [0.1, 0.15) is 17.5 Å². The molecule has 2 aromatic rings. The smallest absolute Gasteiger partial charge is 0.321 e. The average molecular weight is 431 g/mol. The van der Waals surface area contributed by atoms with E-state index in [1.54, 1.807) is 19.1 Å². The number of benzene rings is 2. The van der Waals surface area contributed by atoms with Crippen molar-refractivity contribution in [1.29, 1.82) is 0 Å². The molecule has 0 aromatic heterocycles. The first-order valence-corrected chi connectivity index (χ1v) is 9.47. The lowest BCUT2D eigenvalue weighted by atomic mass is 10.1. The van der Waals surface area contributed by atoms with Gasteiger partial charge in [0.15, 0.2) is 11.5 Å². The fourth-order valence-electron chi connectivity index (χ4n) is 2.92. The number of amides is 1. The number of carbonyl (C=O) groups is 2. The molecule has 0 heterocycles. The number of methoxy groups -OCH3 is 2. The van der Waals surface area contributed by atoms with E-state index in [1.807, 2.05) is 6.07 Å². The van der Waals surface area contributed by atoms with Gasteiger partial charge in [-0.3, -0.25) is 19.7 Å². The summed E-state index contributed by atoms with van der Waals surface area (Å²) in [6.45, 7) is 2.00. The standard InChI is InChI=1S/C21H25N3O7/c1-13-4-6-15(24(28)29)11-16(13)23-20(25)12-17(21(26)27)22-9-8-14-5-7-18(30-2)19(10-14)31-3/h4-7,10-11,17,22H,8-9,12H2,1-3H3,(H,23,25)(H,26,27). The summed E-state index contributed by atoms with van der Waals surface area (Å²) in [5.41, 5.74) is 1.65. The lowest BCUT2D eigenvalue weighted by Crippen LogP contribution is -2.40. The van der Waals surface area contributed by atoms with E-state index >= 15 is 0 Å². The molecule has 0 saturated heterocycles. The van der Waals surface area contributed by atoms with E-state index in [2.05, 4.69) is 10.6 Å². The first kappa shape index (κ1) is 23.6. The number of carboxylic acids is 1. The molecule has 1 unspecified atom stereocenters. The fraction of sp³-hybridized carbons (Fsp3) is 0.333. The van der Waals surface area contributed by atoms with Gasteiger partial charge in [-0.1, -0.05) is 12.1 Å². The lowest BCUT2D eigenvalue weighted by molar-refractivity contribution is -0.384. The van der Waals surface area contributed by atoms with Gasteiger partial charge >= 0.3 is 5.97 Å². The Morgan fingerprint density at radius 2 is 1.84 bits per heavy atom. The van der Waals surface area contributed by atoms with Crippen LogP contribution in [-0.4, -0.2) is 48.7 Å². The number of anilines is 1. The minimum absolute atomic E-state index is 0.163. The van der Waals surface area contributed by atoms with Crippen molar-refractivity contribution in [3.05, 3.63) is 57.6 Å². The van der Waals surface area contributed by atoms with E-state index in [9.17, 15) is 24.8 Å². The monoisotopic (exact) mass is 431 g/mol. The predicted octanol–water partition coefficient (Wildman–Crippen LogP) is 2.53. The number of carboxylic acid groups (broad SMARTS) is 1. The molecular formula is C21H25N3O7. The molecule has 1 amide bonds. The molecule has 3 N–H and O–H groups in total. The van der Waals surface area contributed by atoms with Crippen LogP contribution < -0.4 is 20.1 Å². The Morgan fingerprint density at radius 3 is 2.45 bits per heavy atom. The Balaban J connectivity index is 1.96. The molecule has 2 rings (SSSR count). The van der Waals surface area contributed by atoms with Crippen LogP contribution >= 0.6 is 0 Å². The number of nitrogens with one attached hydrogen (secondary N) is 2. The Hall–Kier alpha value is -3.66. The summed E-state index contributed by atoms with van der Waals surface area (Å²) in [6.07, 6.45) is 0.180. The number of aryl methyl sites for hydroxylation is 1. The maximum Gasteiger partial charge on any atom is 0.321 e. The maximum atomic E-state index is 12.3. The number of nitro groups is 1. The van der Waals surface area contributed by atoms with Gasteiger partial charge < -0.3 is 25.2 Å². The largest absolute Gasteiger partial charge is 0.493 e. The molecule has 10 heteroatoms. The second kappa shape index (κ2) is 10.9. The zero-order valence-electron chi connectivity index (χ0n) is 17.5. The van der Waals surface area contributed by atoms with Gasteiger partial charge in [-0.25, -0.2) is 0 Å². The normalized spacial score (nSPS) is 11.5. The molecule has 0 spiro atoms. The summed E-state index contributed by atoms with van der Waals surface area (Å²) in [6, 6.07) is 8.39. The molecular weight excluding hydrogens is 406 g/mol. The fourth-order valence-corrected chi connectivity index (χ4v) is 2.92. The van der Waals surface area contributed by atoms with E-state index in [0.717, 1.165) is 5.56 Å². The first-order valence-electron chi connectivity index (χ1n) is 9.47. The van der Waals surface area contributed by atoms with Crippen molar-refractivity contribution < 1.29 is 29.1 Å². The molecule has 10 nitrogen and oxygen atoms in total. The van der Waals surface area contributed by atoms with E-state index in [-0.39, 0.29) is 17.8 Å². The van der Waals surface area contributed by atoms with Gasteiger partial charge in [-0.2, -0.15) is 0 Å². The van der Waals surface area contributed by atoms with Gasteiger partial charge in [0.25, 0.3) is 5.69 Å². The number of rotatable bonds is 11. The maximum absolute atomic E-state index is 12.3. The Kier molecular flexibility index (Phi) is 8.33. The minimum atomic E-state index is -1.17. The second-order valence-electron chi connectivity index (χ2n) is 6.79. The molecule has 0 radical (unpaired) electrons. The van der Waals surface area contributed by atoms with E-state index in [4.69, 9.17) is 9.47 Å². The van der Waals surface area contributed by atoms with E-state index in [1.165, 1.54) is 32.4 Å². The molecule has 0 aliphatic rings. The number of nitrogens with zero attached hydrogens (tertiary/aromatic N) is 1. The summed E-state index contributed by atoms with van der Waals surface area (Å²) >= 11 is 0. The number of hydrogen-bond donors (Lipinski definition) is 3. The number of carbonyl (C=O) groups excluding carboxylic acids is 1. The molecule has 1 atom stereocenters. The van der Waals surface area contributed by atoms with Crippen LogP contribution in [0.25, 0.3) is 0 Å². The van der Waals surface area contributed by atoms with Crippen molar-refractivity contribution in [1.82, 2.24) is 5.32 Å². The van der Waals surface area contributed by atoms with Crippen molar-refractivity contribution in [2.75, 3.05) is 26.1 Å². The highest BCUT2D eigenvalue weighted by molar-refractivity contribution is 5.94. The van der Waals surface area contributed by atoms with Gasteiger partial charge in [-0.05, 0) is 43.1 Å². The molecule has 31 heavy (non-hydrogen) atoms. The first-order chi connectivity index (χ1) is 14.7. The zero-order valence-corrected chi connectivity index (χ0v) is 17.5. The highest BCUT2D eigenvalue weighted by Gasteiger charge is 2.21. The topological polar surface area (TPSA) is 140 Å². The van der Waals surface area contributed by atoms with Gasteiger partial charge in [0.2, 0.25) is 5.91 Å². The molecule has 2 aromatic carbocycles. The Morgan fingerprint density at radius 1 is 1.13 bits per heavy atom. The van der Waals surface area contributed by atoms with Crippen LogP contribution in [0.15, 0.2) is 36.4 Å². The van der Waals surface area contributed by atoms with Gasteiger partial charge in [0.1, 0.15) is 6.04 Å². The van der Waals surface area contributed by atoms with Crippen LogP contribution in [0, 0.1) is 17.0 Å². The third-order valence-corrected chi connectivity index (χ3v) is 4.65. The van der Waals surface area contributed by atoms with Crippen LogP contribution in [0.5, 0.6) is 11.5 Å². The summed E-state index contributed by atoms with van der Waals surface area (Å²) in [7, 11) is 3.07. The van der Waals surface area contributed by atoms with Crippen molar-refractivity contribution >= 4 is 23.3 Å². The predicted molar refractivity (Wildman–Crippen MR) is 114 cm³/mol. The zero-order chi connectivity index (χ0) is 23.0. The van der Waals surface area contributed by atoms with Crippen molar-refractivity contribution in [3.63, 3.8) is 0 Å². The van der Waals surface area contributed by atoms with Crippen LogP contribution in [0.4, 0.5) is 11.4 Å². The highest BCUT2D eigenvalue weighted by Crippen LogP contribution is 2.27. The van der Waals surface area contributed by atoms with Gasteiger partial charge in [0.05, 0.1) is 31.3 Å². The average Bonchev–Trinajstić information content (AvgIpc) is 2.74. The van der Waals surface area contributed by atoms with Crippen molar-refractivity contribution in [2.45, 2.75) is 25.8 Å². The molecule has 0 aliphatic carbocycles. The summed E-state index contributed by atoms with van der Waals surface area (Å²) in [5, 5.41) is 25.8. The van der Waals surface area contributed by atoms with Crippen molar-refractivity contribution in [3.8, 4) is 11.5 Å². The van der Waals surface area contributed by atoms with Crippen LogP contribution in [0.3, 0.4) is 0 Å². The van der Waals surface area contributed by atoms with Crippen LogP contribution in [0.2, 0.25) is 0 Å². The molecule has 0 bridgehead atoms. The number of nitro benzene ring substituents is 1. The Labute approximate surface area is 179 Å². The van der Waals surface area contributed by atoms with E-state index in [0.29, 0.717) is 30.0 Å². The van der Waals surface area contributed by atoms with Crippen LogP contribution in [-0.2, 0) is 16.0 Å². The molecule has 0 aliphatic heterocycles. The number of hydrogen-bond acceptors (Lipinski definition) is 7. The third-order valence-electron chi connectivity index (χ3n) is 4.65. The molecule has 0 fully saturated rings. The lowest BCUT2D eigenvalue weighted by Gasteiger charge is -2.15. The van der Waals surface area contributed by atoms with Gasteiger partial charge in [-0.15, -0.1) is 0 Å². The van der Waals surface area contributed by atoms with Crippen molar-refractivity contribution in [2.24, 2.45) is 0 Å². The second-order valence-corrected chi connectivity index (χ2v) is 6.79. The van der Waals surface area contributed by atoms with Gasteiger partial charge in [0, 0.05) is 12.1 Å². The quantitative estimate of drug-likeness (QED) is 0.364. The third kappa shape index (κ3) is 6.68. The molecule has 166 valence electrons. The summed E-state index contributed by atoms with van der Waals surface area (Å²) in [5.74, 6) is -0.565. The van der Waals surface area contributed by atoms with E-state index < -0.39 is 22.8 Å².